The Hall–Kier alpha value is -0.200. The molecule has 0 heterocycles. The maximum Gasteiger partial charge on any atom is 0.110 e. The monoisotopic (exact) mass is 154 g/mol. The van der Waals surface area contributed by atoms with Gasteiger partial charge in [0.15, 0.2) is 0 Å². The molecule has 0 spiro atoms. The van der Waals surface area contributed by atoms with Crippen molar-refractivity contribution in [1.82, 2.24) is 0 Å². The van der Waals surface area contributed by atoms with E-state index in [-0.39, 0.29) is 1.43 Å². The van der Waals surface area contributed by atoms with E-state index in [2.05, 4.69) is 0 Å². The highest BCUT2D eigenvalue weighted by molar-refractivity contribution is 4.73. The lowest BCUT2D eigenvalue weighted by molar-refractivity contribution is -0.0900. The van der Waals surface area contributed by atoms with Crippen molar-refractivity contribution in [2.24, 2.45) is 0 Å². The molecule has 5 N–H and O–H groups in total. The van der Waals surface area contributed by atoms with Crippen LogP contribution >= 0.6 is 0 Å². The molecule has 2 unspecified atom stereocenters. The predicted octanol–water partition coefficient (Wildman–Crippen LogP) is -2.70. The summed E-state index contributed by atoms with van der Waals surface area (Å²) in [5.41, 5.74) is 0. The number of hydrogen-bond donors (Lipinski definition) is 5. The molecule has 0 fully saturated rings. The van der Waals surface area contributed by atoms with Crippen molar-refractivity contribution in [3.63, 3.8) is 0 Å². The van der Waals surface area contributed by atoms with E-state index in [0.717, 1.165) is 0 Å². The quantitative estimate of drug-likeness (QED) is 0.303. The maximum atomic E-state index is 8.77. The average Bonchev–Trinajstić information content (AvgIpc) is 2.00. The highest BCUT2D eigenvalue weighted by atomic mass is 16.4. The normalized spacial score (nSPS) is 20.1. The highest BCUT2D eigenvalue weighted by Crippen LogP contribution is 1.97. The second kappa shape index (κ2) is 4.59. The van der Waals surface area contributed by atoms with E-state index < -0.39 is 31.5 Å². The van der Waals surface area contributed by atoms with Gasteiger partial charge in [0, 0.05) is 1.43 Å². The van der Waals surface area contributed by atoms with E-state index in [1.165, 1.54) is 0 Å². The summed E-state index contributed by atoms with van der Waals surface area (Å²) in [6, 6.07) is 0. The minimum atomic E-state index is -1.49. The topological polar surface area (TPSA) is 101 Å². The fraction of sp³-hybridized carbons (Fsp3) is 1.00. The molecule has 0 aliphatic carbocycles. The van der Waals surface area contributed by atoms with Crippen LogP contribution < -0.4 is 0 Å². The van der Waals surface area contributed by atoms with Crippen LogP contribution in [0.3, 0.4) is 0 Å². The summed E-state index contributed by atoms with van der Waals surface area (Å²) in [6.07, 6.45) is -4.29. The van der Waals surface area contributed by atoms with Crippen LogP contribution in [0.1, 0.15) is 1.43 Å². The standard InChI is InChI=1S/C5H12O5.H2/c6-1-3(8)5(10)4(9)2-7;/h3-10H,1-2H2;1H. The van der Waals surface area contributed by atoms with Crippen molar-refractivity contribution < 1.29 is 27.0 Å². The molecule has 0 aliphatic rings. The van der Waals surface area contributed by atoms with E-state index in [4.69, 9.17) is 25.5 Å². The first-order valence-corrected chi connectivity index (χ1v) is 2.89. The van der Waals surface area contributed by atoms with Crippen LogP contribution in [0, 0.1) is 0 Å². The van der Waals surface area contributed by atoms with Crippen molar-refractivity contribution in [1.29, 1.82) is 0 Å². The average molecular weight is 154 g/mol. The second-order valence-electron chi connectivity index (χ2n) is 1.99. The molecule has 0 bridgehead atoms. The lowest BCUT2D eigenvalue weighted by Crippen LogP contribution is -2.41. The smallest absolute Gasteiger partial charge is 0.110 e. The molecule has 0 aromatic heterocycles. The largest absolute Gasteiger partial charge is 0.394 e. The van der Waals surface area contributed by atoms with Gasteiger partial charge < -0.3 is 25.5 Å². The van der Waals surface area contributed by atoms with Gasteiger partial charge in [-0.3, -0.25) is 0 Å². The van der Waals surface area contributed by atoms with Gasteiger partial charge in [0.1, 0.15) is 18.3 Å². The minimum Gasteiger partial charge on any atom is -0.394 e. The molecule has 0 aliphatic heterocycles. The maximum absolute atomic E-state index is 8.77. The molecular weight excluding hydrogens is 140 g/mol. The summed E-state index contributed by atoms with van der Waals surface area (Å²) in [6.45, 7) is -1.28. The third kappa shape index (κ3) is 2.59. The van der Waals surface area contributed by atoms with Crippen molar-refractivity contribution in [3.05, 3.63) is 0 Å². The number of aliphatic hydroxyl groups is 5. The first kappa shape index (κ1) is 9.80. The Morgan fingerprint density at radius 3 is 1.40 bits per heavy atom. The molecule has 0 radical (unpaired) electrons. The lowest BCUT2D eigenvalue weighted by atomic mass is 10.1. The molecule has 0 aromatic rings. The Bertz CT molecular complexity index is 80.9. The van der Waals surface area contributed by atoms with Gasteiger partial charge in [0.25, 0.3) is 0 Å². The van der Waals surface area contributed by atoms with Crippen LogP contribution in [0.25, 0.3) is 0 Å². The van der Waals surface area contributed by atoms with Crippen LogP contribution in [0.4, 0.5) is 0 Å². The zero-order valence-electron chi connectivity index (χ0n) is 5.38. The van der Waals surface area contributed by atoms with Gasteiger partial charge in [0.05, 0.1) is 13.2 Å². The SMILES string of the molecule is OCC(O)C(O)C(O)CO.[HH]. The number of aliphatic hydroxyl groups excluding tert-OH is 5. The molecular formula is C5H14O5. The van der Waals surface area contributed by atoms with Crippen LogP contribution in [0.15, 0.2) is 0 Å². The molecule has 5 nitrogen and oxygen atoms in total. The zero-order valence-corrected chi connectivity index (χ0v) is 5.38. The molecule has 0 amide bonds. The van der Waals surface area contributed by atoms with Gasteiger partial charge in [-0.25, -0.2) is 0 Å². The van der Waals surface area contributed by atoms with Crippen LogP contribution in [0.2, 0.25) is 0 Å². The van der Waals surface area contributed by atoms with E-state index in [1.807, 2.05) is 0 Å². The Morgan fingerprint density at radius 2 is 1.20 bits per heavy atom. The highest BCUT2D eigenvalue weighted by Gasteiger charge is 2.22. The van der Waals surface area contributed by atoms with E-state index in [0.29, 0.717) is 0 Å². The summed E-state index contributed by atoms with van der Waals surface area (Å²) in [4.78, 5) is 0. The minimum absolute atomic E-state index is 0. The number of rotatable bonds is 4. The Balaban J connectivity index is 0. The summed E-state index contributed by atoms with van der Waals surface area (Å²) in [5, 5.41) is 42.6. The van der Waals surface area contributed by atoms with Crippen molar-refractivity contribution in [2.75, 3.05) is 13.2 Å². The molecule has 0 rings (SSSR count). The molecule has 2 atom stereocenters. The fourth-order valence-electron chi connectivity index (χ4n) is 0.472. The van der Waals surface area contributed by atoms with Crippen LogP contribution in [-0.2, 0) is 0 Å². The fourth-order valence-corrected chi connectivity index (χ4v) is 0.472. The number of hydrogen-bond acceptors (Lipinski definition) is 5. The van der Waals surface area contributed by atoms with Crippen molar-refractivity contribution in [2.45, 2.75) is 18.3 Å². The Labute approximate surface area is 59.7 Å². The lowest BCUT2D eigenvalue weighted by Gasteiger charge is -2.19. The molecule has 0 saturated carbocycles. The first-order valence-electron chi connectivity index (χ1n) is 2.89. The van der Waals surface area contributed by atoms with Crippen molar-refractivity contribution in [3.8, 4) is 0 Å². The van der Waals surface area contributed by atoms with E-state index in [1.54, 1.807) is 0 Å². The van der Waals surface area contributed by atoms with Gasteiger partial charge in [-0.2, -0.15) is 0 Å². The van der Waals surface area contributed by atoms with E-state index >= 15 is 0 Å². The Morgan fingerprint density at radius 1 is 0.900 bits per heavy atom. The van der Waals surface area contributed by atoms with Gasteiger partial charge in [-0.15, -0.1) is 0 Å². The second-order valence-corrected chi connectivity index (χ2v) is 1.99. The van der Waals surface area contributed by atoms with Crippen LogP contribution in [-0.4, -0.2) is 57.1 Å². The van der Waals surface area contributed by atoms with E-state index in [9.17, 15) is 0 Å². The first-order chi connectivity index (χ1) is 4.63. The summed E-state index contributed by atoms with van der Waals surface area (Å²) >= 11 is 0. The molecule has 0 saturated heterocycles. The summed E-state index contributed by atoms with van der Waals surface area (Å²) in [7, 11) is 0. The van der Waals surface area contributed by atoms with Gasteiger partial charge in [0.2, 0.25) is 0 Å². The van der Waals surface area contributed by atoms with Gasteiger partial charge in [-0.05, 0) is 0 Å². The van der Waals surface area contributed by atoms with Crippen LogP contribution in [0.5, 0.6) is 0 Å². The Kier molecular flexibility index (Phi) is 4.50. The molecule has 64 valence electrons. The third-order valence-corrected chi connectivity index (χ3v) is 1.16. The molecule has 0 aromatic carbocycles. The summed E-state index contributed by atoms with van der Waals surface area (Å²) < 4.78 is 0. The molecule has 10 heavy (non-hydrogen) atoms. The molecule has 5 heteroatoms. The predicted molar refractivity (Wildman–Crippen MR) is 34.3 cm³/mol. The van der Waals surface area contributed by atoms with Gasteiger partial charge in [-0.1, -0.05) is 0 Å². The van der Waals surface area contributed by atoms with Crippen molar-refractivity contribution >= 4 is 0 Å². The zero-order chi connectivity index (χ0) is 8.15. The summed E-state index contributed by atoms with van der Waals surface area (Å²) in [5.74, 6) is 0. The van der Waals surface area contributed by atoms with Gasteiger partial charge >= 0.3 is 0 Å². The third-order valence-electron chi connectivity index (χ3n) is 1.16.